The molecule has 1 aromatic carbocycles. The lowest BCUT2D eigenvalue weighted by Gasteiger charge is -2.43. The Morgan fingerprint density at radius 1 is 1.48 bits per heavy atom. The van der Waals surface area contributed by atoms with Gasteiger partial charge in [-0.25, -0.2) is 0 Å². The van der Waals surface area contributed by atoms with Gasteiger partial charge < -0.3 is 29.3 Å². The molecule has 1 aromatic rings. The van der Waals surface area contributed by atoms with Gasteiger partial charge >= 0.3 is 0 Å². The van der Waals surface area contributed by atoms with Crippen LogP contribution in [0.1, 0.15) is 37.9 Å². The van der Waals surface area contributed by atoms with Crippen LogP contribution in [0, 0.1) is 5.92 Å². The smallest absolute Gasteiger partial charge is 0.247 e. The average Bonchev–Trinajstić information content (AvgIpc) is 3.20. The number of anilines is 1. The number of carbonyl (C=O) groups is 1. The molecule has 1 fully saturated rings. The molecule has 5 atom stereocenters. The monoisotopic (exact) mass is 424 g/mol. The lowest BCUT2D eigenvalue weighted by molar-refractivity contribution is -0.117. The molecule has 8 heteroatoms. The van der Waals surface area contributed by atoms with Crippen LogP contribution in [0.15, 0.2) is 18.2 Å². The summed E-state index contributed by atoms with van der Waals surface area (Å²) < 4.78 is 27.1. The molecule has 2 heterocycles. The number of aliphatic hydroxyl groups is 1. The molecule has 29 heavy (non-hydrogen) atoms. The van der Waals surface area contributed by atoms with Gasteiger partial charge in [0.05, 0.1) is 12.1 Å². The van der Waals surface area contributed by atoms with Crippen molar-refractivity contribution in [2.24, 2.45) is 5.92 Å². The van der Waals surface area contributed by atoms with Crippen molar-refractivity contribution in [3.63, 3.8) is 0 Å². The predicted molar refractivity (Wildman–Crippen MR) is 113 cm³/mol. The van der Waals surface area contributed by atoms with Crippen LogP contribution < -0.4 is 15.4 Å². The number of aliphatic hydroxyl groups excluding tert-OH is 1. The Hall–Kier alpha value is -1.48. The van der Waals surface area contributed by atoms with Gasteiger partial charge in [0, 0.05) is 36.4 Å². The van der Waals surface area contributed by atoms with Gasteiger partial charge in [-0.1, -0.05) is 6.92 Å². The first-order chi connectivity index (χ1) is 13.8. The van der Waals surface area contributed by atoms with Gasteiger partial charge in [0.15, 0.2) is 0 Å². The molecule has 1 unspecified atom stereocenters. The van der Waals surface area contributed by atoms with Crippen molar-refractivity contribution in [1.29, 1.82) is 0 Å². The summed E-state index contributed by atoms with van der Waals surface area (Å²) in [5.74, 6) is 0.527. The third-order valence-corrected chi connectivity index (χ3v) is 8.57. The third kappa shape index (κ3) is 4.82. The molecule has 0 aliphatic carbocycles. The van der Waals surface area contributed by atoms with Gasteiger partial charge in [-0.3, -0.25) is 4.79 Å². The van der Waals surface area contributed by atoms with Crippen molar-refractivity contribution in [2.45, 2.75) is 63.1 Å². The highest BCUT2D eigenvalue weighted by atomic mass is 28.4. The second kappa shape index (κ2) is 9.12. The standard InChI is InChI=1S/C21H33FN2O4Si/c1-13-19(27-2)15-12-14(24-21(26)16-6-5-10-23-16)7-8-17(15)28-20(13)18(9-11-25)29(3,4)22/h7-8,12-13,16,18-20,23,25H,5-6,9-11H2,1-4H3,(H,24,26)/t13-,16-,18?,19-,20-/m1/s1. The molecule has 3 rings (SSSR count). The minimum atomic E-state index is -3.05. The number of halogens is 1. The van der Waals surface area contributed by atoms with E-state index >= 15 is 4.11 Å². The summed E-state index contributed by atoms with van der Waals surface area (Å²) >= 11 is 0. The van der Waals surface area contributed by atoms with E-state index in [2.05, 4.69) is 10.6 Å². The number of carbonyl (C=O) groups excluding carboxylic acids is 1. The van der Waals surface area contributed by atoms with Crippen LogP contribution in [0.4, 0.5) is 9.80 Å². The summed E-state index contributed by atoms with van der Waals surface area (Å²) in [4.78, 5) is 12.4. The number of nitrogens with one attached hydrogen (secondary N) is 2. The number of ether oxygens (including phenoxy) is 2. The average molecular weight is 425 g/mol. The van der Waals surface area contributed by atoms with Gasteiger partial charge in [0.1, 0.15) is 11.9 Å². The van der Waals surface area contributed by atoms with Crippen molar-refractivity contribution < 1.29 is 23.5 Å². The van der Waals surface area contributed by atoms with Crippen LogP contribution in [0.3, 0.4) is 0 Å². The Morgan fingerprint density at radius 3 is 2.83 bits per heavy atom. The Kier molecular flexibility index (Phi) is 6.98. The molecular formula is C21H33FN2O4Si. The first-order valence-corrected chi connectivity index (χ1v) is 13.4. The molecule has 2 aliphatic heterocycles. The Balaban J connectivity index is 1.85. The van der Waals surface area contributed by atoms with E-state index in [0.29, 0.717) is 17.9 Å². The molecule has 1 amide bonds. The Labute approximate surface area is 173 Å². The largest absolute Gasteiger partial charge is 0.490 e. The number of hydrogen-bond donors (Lipinski definition) is 3. The van der Waals surface area contributed by atoms with Crippen molar-refractivity contribution in [2.75, 3.05) is 25.6 Å². The van der Waals surface area contributed by atoms with Gasteiger partial charge in [0.25, 0.3) is 0 Å². The second-order valence-electron chi connectivity index (χ2n) is 8.67. The first-order valence-electron chi connectivity index (χ1n) is 10.4. The van der Waals surface area contributed by atoms with E-state index in [1.54, 1.807) is 20.2 Å². The Bertz CT molecular complexity index is 721. The predicted octanol–water partition coefficient (Wildman–Crippen LogP) is 3.39. The fraction of sp³-hybridized carbons (Fsp3) is 0.667. The summed E-state index contributed by atoms with van der Waals surface area (Å²) in [7, 11) is -1.41. The summed E-state index contributed by atoms with van der Waals surface area (Å²) in [5, 5.41) is 15.6. The molecule has 0 bridgehead atoms. The minimum Gasteiger partial charge on any atom is -0.490 e. The molecule has 0 spiro atoms. The summed E-state index contributed by atoms with van der Waals surface area (Å²) in [6, 6.07) is 5.37. The number of rotatable bonds is 7. The Morgan fingerprint density at radius 2 is 2.24 bits per heavy atom. The van der Waals surface area contributed by atoms with E-state index in [1.165, 1.54) is 0 Å². The van der Waals surface area contributed by atoms with Crippen LogP contribution in [0.2, 0.25) is 18.6 Å². The van der Waals surface area contributed by atoms with Gasteiger partial charge in [-0.05, 0) is 57.1 Å². The van der Waals surface area contributed by atoms with E-state index < -0.39 is 8.41 Å². The maximum absolute atomic E-state index is 15.0. The van der Waals surface area contributed by atoms with Crippen molar-refractivity contribution >= 4 is 20.0 Å². The van der Waals surface area contributed by atoms with Crippen LogP contribution in [-0.2, 0) is 9.53 Å². The maximum Gasteiger partial charge on any atom is 0.247 e. The zero-order valence-electron chi connectivity index (χ0n) is 17.7. The lowest BCUT2D eigenvalue weighted by atomic mass is 9.86. The van der Waals surface area contributed by atoms with E-state index in [1.807, 2.05) is 25.1 Å². The minimum absolute atomic E-state index is 0.0349. The van der Waals surface area contributed by atoms with E-state index in [4.69, 9.17) is 9.47 Å². The number of amides is 1. The SMILES string of the molecule is CO[C@H]1c2cc(NC(=O)[C@H]3CCCN3)ccc2O[C@@H](C(CCO)[Si](C)(C)F)[C@@H]1C. The normalized spacial score (nSPS) is 27.8. The number of hydrogen-bond acceptors (Lipinski definition) is 5. The van der Waals surface area contributed by atoms with Crippen LogP contribution >= 0.6 is 0 Å². The summed E-state index contributed by atoms with van der Waals surface area (Å²) in [5.41, 5.74) is 1.22. The van der Waals surface area contributed by atoms with Gasteiger partial charge in [-0.15, -0.1) is 0 Å². The highest BCUT2D eigenvalue weighted by molar-refractivity contribution is 6.72. The van der Waals surface area contributed by atoms with E-state index in [9.17, 15) is 9.90 Å². The molecule has 0 saturated carbocycles. The molecule has 2 aliphatic rings. The lowest BCUT2D eigenvalue weighted by Crippen LogP contribution is -2.46. The van der Waals surface area contributed by atoms with Crippen molar-refractivity contribution in [1.82, 2.24) is 5.32 Å². The van der Waals surface area contributed by atoms with Gasteiger partial charge in [-0.2, -0.15) is 0 Å². The zero-order valence-corrected chi connectivity index (χ0v) is 18.7. The third-order valence-electron chi connectivity index (χ3n) is 6.19. The zero-order chi connectivity index (χ0) is 21.2. The second-order valence-corrected chi connectivity index (χ2v) is 12.5. The van der Waals surface area contributed by atoms with Crippen molar-refractivity contribution in [3.05, 3.63) is 23.8 Å². The molecule has 162 valence electrons. The van der Waals surface area contributed by atoms with Crippen LogP contribution in [-0.4, -0.2) is 51.8 Å². The fourth-order valence-electron chi connectivity index (χ4n) is 4.63. The highest BCUT2D eigenvalue weighted by Gasteiger charge is 2.47. The fourth-order valence-corrected chi connectivity index (χ4v) is 6.60. The first kappa shape index (κ1) is 22.2. The van der Waals surface area contributed by atoms with Crippen LogP contribution in [0.25, 0.3) is 0 Å². The van der Waals surface area contributed by atoms with E-state index in [-0.39, 0.29) is 42.2 Å². The topological polar surface area (TPSA) is 79.8 Å². The quantitative estimate of drug-likeness (QED) is 0.462. The number of methoxy groups -OCH3 is 1. The molecule has 6 nitrogen and oxygen atoms in total. The molecule has 3 N–H and O–H groups in total. The van der Waals surface area contributed by atoms with Crippen LogP contribution in [0.5, 0.6) is 5.75 Å². The molecule has 0 aromatic heterocycles. The summed E-state index contributed by atoms with van der Waals surface area (Å²) in [6.45, 7) is 6.12. The number of benzene rings is 1. The van der Waals surface area contributed by atoms with E-state index in [0.717, 1.165) is 24.9 Å². The van der Waals surface area contributed by atoms with Gasteiger partial charge in [0.2, 0.25) is 14.3 Å². The molecular weight excluding hydrogens is 391 g/mol. The number of fused-ring (bicyclic) bond motifs is 1. The van der Waals surface area contributed by atoms with Crippen molar-refractivity contribution in [3.8, 4) is 5.75 Å². The maximum atomic E-state index is 15.0. The highest BCUT2D eigenvalue weighted by Crippen LogP contribution is 2.47. The summed E-state index contributed by atoms with van der Waals surface area (Å²) in [6.07, 6.45) is 1.58. The molecule has 0 radical (unpaired) electrons. The molecule has 1 saturated heterocycles.